The molecule has 148 valence electrons. The Balaban J connectivity index is 1.60. The van der Waals surface area contributed by atoms with E-state index in [-0.39, 0.29) is 23.2 Å². The highest BCUT2D eigenvalue weighted by Crippen LogP contribution is 2.31. The zero-order valence-corrected chi connectivity index (χ0v) is 16.4. The molecule has 0 saturated carbocycles. The highest BCUT2D eigenvalue weighted by atomic mass is 16.3. The van der Waals surface area contributed by atoms with Crippen molar-refractivity contribution in [2.24, 2.45) is 0 Å². The van der Waals surface area contributed by atoms with Crippen LogP contribution in [0.2, 0.25) is 0 Å². The second kappa shape index (κ2) is 8.66. The SMILES string of the molecule is O=C(c1ccccc1)c1ccc(CC(c2ccc(O)cc2)c2ccc(O)cc2)cc1. The number of phenols is 2. The maximum Gasteiger partial charge on any atom is 0.193 e. The summed E-state index contributed by atoms with van der Waals surface area (Å²) in [6.07, 6.45) is 0.732. The Hall–Kier alpha value is -3.85. The van der Waals surface area contributed by atoms with Gasteiger partial charge in [0, 0.05) is 17.0 Å². The molecule has 0 aliphatic rings. The third-order valence-corrected chi connectivity index (χ3v) is 5.28. The molecule has 2 N–H and O–H groups in total. The summed E-state index contributed by atoms with van der Waals surface area (Å²) in [6, 6.07) is 31.4. The molecule has 0 spiro atoms. The van der Waals surface area contributed by atoms with Gasteiger partial charge in [0.05, 0.1) is 0 Å². The lowest BCUT2D eigenvalue weighted by molar-refractivity contribution is 0.103. The van der Waals surface area contributed by atoms with Crippen LogP contribution >= 0.6 is 0 Å². The molecule has 0 unspecified atom stereocenters. The van der Waals surface area contributed by atoms with Gasteiger partial charge in [-0.25, -0.2) is 0 Å². The number of phenolic OH excluding ortho intramolecular Hbond substituents is 2. The summed E-state index contributed by atoms with van der Waals surface area (Å²) in [6.45, 7) is 0. The summed E-state index contributed by atoms with van der Waals surface area (Å²) in [5.74, 6) is 0.525. The Morgan fingerprint density at radius 1 is 0.600 bits per heavy atom. The fourth-order valence-electron chi connectivity index (χ4n) is 3.63. The number of aromatic hydroxyl groups is 2. The van der Waals surface area contributed by atoms with Crippen LogP contribution in [-0.4, -0.2) is 16.0 Å². The molecule has 0 saturated heterocycles. The van der Waals surface area contributed by atoms with E-state index in [9.17, 15) is 15.0 Å². The van der Waals surface area contributed by atoms with Gasteiger partial charge in [-0.3, -0.25) is 4.79 Å². The summed E-state index contributed by atoms with van der Waals surface area (Å²) in [4.78, 5) is 12.6. The van der Waals surface area contributed by atoms with Crippen LogP contribution in [0.15, 0.2) is 103 Å². The Kier molecular flexibility index (Phi) is 5.62. The van der Waals surface area contributed by atoms with Crippen LogP contribution in [-0.2, 0) is 6.42 Å². The summed E-state index contributed by atoms with van der Waals surface area (Å²) in [7, 11) is 0. The molecule has 0 aliphatic carbocycles. The molecule has 3 nitrogen and oxygen atoms in total. The Bertz CT molecular complexity index is 1070. The van der Waals surface area contributed by atoms with E-state index >= 15 is 0 Å². The molecule has 3 heteroatoms. The van der Waals surface area contributed by atoms with E-state index < -0.39 is 0 Å². The van der Waals surface area contributed by atoms with Crippen molar-refractivity contribution in [3.05, 3.63) is 131 Å². The number of hydrogen-bond acceptors (Lipinski definition) is 3. The van der Waals surface area contributed by atoms with Crippen LogP contribution in [0.25, 0.3) is 0 Å². The minimum atomic E-state index is 0.00997. The number of benzene rings is 4. The van der Waals surface area contributed by atoms with E-state index in [0.29, 0.717) is 11.1 Å². The molecule has 0 heterocycles. The summed E-state index contributed by atoms with van der Waals surface area (Å²) >= 11 is 0. The van der Waals surface area contributed by atoms with Gasteiger partial charge in [0.1, 0.15) is 11.5 Å². The molecule has 0 aliphatic heterocycles. The van der Waals surface area contributed by atoms with Crippen LogP contribution in [0.5, 0.6) is 11.5 Å². The molecule has 0 bridgehead atoms. The highest BCUT2D eigenvalue weighted by Gasteiger charge is 2.16. The molecule has 0 atom stereocenters. The molecule has 30 heavy (non-hydrogen) atoms. The molecular formula is C27H22O3. The first-order valence-corrected chi connectivity index (χ1v) is 9.87. The largest absolute Gasteiger partial charge is 0.508 e. The molecule has 0 fully saturated rings. The lowest BCUT2D eigenvalue weighted by Gasteiger charge is -2.19. The quantitative estimate of drug-likeness (QED) is 0.412. The van der Waals surface area contributed by atoms with Crippen LogP contribution in [0.1, 0.15) is 38.5 Å². The number of ketones is 1. The third-order valence-electron chi connectivity index (χ3n) is 5.28. The maximum absolute atomic E-state index is 12.6. The van der Waals surface area contributed by atoms with Crippen molar-refractivity contribution in [3.63, 3.8) is 0 Å². The zero-order chi connectivity index (χ0) is 20.9. The molecule has 0 radical (unpaired) electrons. The van der Waals surface area contributed by atoms with Gasteiger partial charge in [-0.15, -0.1) is 0 Å². The van der Waals surface area contributed by atoms with Crippen LogP contribution in [0, 0.1) is 0 Å². The van der Waals surface area contributed by atoms with Crippen molar-refractivity contribution in [1.29, 1.82) is 0 Å². The zero-order valence-electron chi connectivity index (χ0n) is 16.4. The van der Waals surface area contributed by atoms with Crippen LogP contribution in [0.3, 0.4) is 0 Å². The third kappa shape index (κ3) is 4.41. The monoisotopic (exact) mass is 394 g/mol. The number of hydrogen-bond donors (Lipinski definition) is 2. The van der Waals surface area contributed by atoms with Gasteiger partial charge in [-0.05, 0) is 47.4 Å². The van der Waals surface area contributed by atoms with Gasteiger partial charge in [0.25, 0.3) is 0 Å². The predicted octanol–water partition coefficient (Wildman–Crippen LogP) is 5.70. The Labute approximate surface area is 175 Å². The van der Waals surface area contributed by atoms with E-state index in [1.807, 2.05) is 78.9 Å². The predicted molar refractivity (Wildman–Crippen MR) is 118 cm³/mol. The summed E-state index contributed by atoms with van der Waals surface area (Å²) in [5.41, 5.74) is 4.59. The van der Waals surface area contributed by atoms with Crippen LogP contribution < -0.4 is 0 Å². The number of carbonyl (C=O) groups excluding carboxylic acids is 1. The number of rotatable bonds is 6. The normalized spacial score (nSPS) is 10.8. The Morgan fingerprint density at radius 3 is 1.57 bits per heavy atom. The molecule has 4 aromatic carbocycles. The fourth-order valence-corrected chi connectivity index (χ4v) is 3.63. The maximum atomic E-state index is 12.6. The molecule has 4 aromatic rings. The van der Waals surface area contributed by atoms with Gasteiger partial charge in [0.15, 0.2) is 5.78 Å². The molecule has 4 rings (SSSR count). The van der Waals surface area contributed by atoms with E-state index in [4.69, 9.17) is 0 Å². The summed E-state index contributed by atoms with van der Waals surface area (Å²) < 4.78 is 0. The van der Waals surface area contributed by atoms with E-state index in [0.717, 1.165) is 23.1 Å². The van der Waals surface area contributed by atoms with Gasteiger partial charge >= 0.3 is 0 Å². The van der Waals surface area contributed by atoms with Crippen molar-refractivity contribution in [2.75, 3.05) is 0 Å². The molecular weight excluding hydrogens is 372 g/mol. The fraction of sp³-hybridized carbons (Fsp3) is 0.0741. The standard InChI is InChI=1S/C27H22O3/c28-24-14-10-20(11-15-24)26(21-12-16-25(29)17-13-21)18-19-6-8-23(9-7-19)27(30)22-4-2-1-3-5-22/h1-17,26,28-29H,18H2. The van der Waals surface area contributed by atoms with Crippen LogP contribution in [0.4, 0.5) is 0 Å². The average Bonchev–Trinajstić information content (AvgIpc) is 2.79. The summed E-state index contributed by atoms with van der Waals surface area (Å²) in [5, 5.41) is 19.3. The van der Waals surface area contributed by atoms with Crippen molar-refractivity contribution in [1.82, 2.24) is 0 Å². The highest BCUT2D eigenvalue weighted by molar-refractivity contribution is 6.08. The first-order valence-electron chi connectivity index (χ1n) is 9.87. The van der Waals surface area contributed by atoms with Gasteiger partial charge in [-0.2, -0.15) is 0 Å². The van der Waals surface area contributed by atoms with Gasteiger partial charge in [-0.1, -0.05) is 78.9 Å². The van der Waals surface area contributed by atoms with Crippen molar-refractivity contribution in [3.8, 4) is 11.5 Å². The first kappa shape index (κ1) is 19.5. The second-order valence-corrected chi connectivity index (χ2v) is 7.33. The lowest BCUT2D eigenvalue weighted by atomic mass is 9.85. The number of carbonyl (C=O) groups is 1. The van der Waals surface area contributed by atoms with Crippen molar-refractivity contribution >= 4 is 5.78 Å². The average molecular weight is 394 g/mol. The second-order valence-electron chi connectivity index (χ2n) is 7.33. The smallest absolute Gasteiger partial charge is 0.193 e. The van der Waals surface area contributed by atoms with E-state index in [2.05, 4.69) is 0 Å². The topological polar surface area (TPSA) is 57.5 Å². The first-order chi connectivity index (χ1) is 14.6. The Morgan fingerprint density at radius 2 is 1.07 bits per heavy atom. The lowest BCUT2D eigenvalue weighted by Crippen LogP contribution is -2.06. The van der Waals surface area contributed by atoms with Crippen molar-refractivity contribution < 1.29 is 15.0 Å². The van der Waals surface area contributed by atoms with Gasteiger partial charge in [0.2, 0.25) is 0 Å². The van der Waals surface area contributed by atoms with Crippen molar-refractivity contribution in [2.45, 2.75) is 12.3 Å². The minimum absolute atomic E-state index is 0.00997. The van der Waals surface area contributed by atoms with E-state index in [1.54, 1.807) is 24.3 Å². The van der Waals surface area contributed by atoms with E-state index in [1.165, 1.54) is 0 Å². The minimum Gasteiger partial charge on any atom is -0.508 e. The molecule has 0 amide bonds. The molecule has 0 aromatic heterocycles. The van der Waals surface area contributed by atoms with Gasteiger partial charge < -0.3 is 10.2 Å².